The number of nitrogens with two attached hydrogens (primary N) is 1. The van der Waals surface area contributed by atoms with Crippen molar-refractivity contribution >= 4 is 44.4 Å². The van der Waals surface area contributed by atoms with Gasteiger partial charge >= 0.3 is 5.97 Å². The zero-order valence-electron chi connectivity index (χ0n) is 24.4. The van der Waals surface area contributed by atoms with Crippen molar-refractivity contribution < 1.29 is 19.0 Å². The summed E-state index contributed by atoms with van der Waals surface area (Å²) < 4.78 is 21.0. The fraction of sp³-hybridized carbons (Fsp3) is 0.353. The molecule has 2 atom stereocenters. The number of hydrogen-bond donors (Lipinski definition) is 2. The van der Waals surface area contributed by atoms with Crippen LogP contribution in [0.25, 0.3) is 10.2 Å². The molecule has 3 N–H and O–H groups in total. The Morgan fingerprint density at radius 3 is 2.40 bits per heavy atom. The van der Waals surface area contributed by atoms with Gasteiger partial charge in [0.2, 0.25) is 0 Å². The molecule has 0 aliphatic carbocycles. The monoisotopic (exact) mass is 604 g/mol. The van der Waals surface area contributed by atoms with Crippen molar-refractivity contribution in [1.82, 2.24) is 4.98 Å². The Labute approximate surface area is 255 Å². The van der Waals surface area contributed by atoms with Gasteiger partial charge in [-0.1, -0.05) is 93.3 Å². The number of fused-ring (bicyclic) bond motifs is 1. The molecule has 0 radical (unpaired) electrons. The number of aryl methyl sites for hydroxylation is 2. The molecule has 3 aromatic carbocycles. The molecule has 42 heavy (non-hydrogen) atoms. The zero-order chi connectivity index (χ0) is 30.0. The van der Waals surface area contributed by atoms with Gasteiger partial charge in [0.25, 0.3) is 0 Å². The number of thioether (sulfide) groups is 1. The fourth-order valence-corrected chi connectivity index (χ4v) is 7.89. The van der Waals surface area contributed by atoms with Crippen LogP contribution < -0.4 is 5.73 Å². The first-order valence-electron chi connectivity index (χ1n) is 14.4. The summed E-state index contributed by atoms with van der Waals surface area (Å²) in [6.07, 6.45) is 2.42. The summed E-state index contributed by atoms with van der Waals surface area (Å²) in [5, 5.41) is 12.5. The van der Waals surface area contributed by atoms with Crippen LogP contribution in [0, 0.1) is 17.7 Å². The number of aliphatic hydroxyl groups excluding tert-OH is 1. The van der Waals surface area contributed by atoms with Crippen molar-refractivity contribution in [3.63, 3.8) is 0 Å². The molecule has 0 bridgehead atoms. The Hall–Kier alpha value is -3.36. The van der Waals surface area contributed by atoms with Crippen LogP contribution in [0.4, 0.5) is 9.52 Å². The van der Waals surface area contributed by atoms with E-state index in [1.807, 2.05) is 44.2 Å². The van der Waals surface area contributed by atoms with Gasteiger partial charge in [-0.25, -0.2) is 14.2 Å². The van der Waals surface area contributed by atoms with Gasteiger partial charge in [0.15, 0.2) is 5.13 Å². The summed E-state index contributed by atoms with van der Waals surface area (Å²) >= 11 is 2.67. The number of hydrogen-bond acceptors (Lipinski definition) is 7. The molecule has 0 fully saturated rings. The lowest BCUT2D eigenvalue weighted by Gasteiger charge is -2.46. The minimum Gasteiger partial charge on any atom is -0.510 e. The molecule has 5 rings (SSSR count). The van der Waals surface area contributed by atoms with E-state index >= 15 is 0 Å². The minimum absolute atomic E-state index is 0.0703. The van der Waals surface area contributed by atoms with Crippen LogP contribution in [0.2, 0.25) is 0 Å². The number of ether oxygens (including phenoxy) is 1. The first kappa shape index (κ1) is 30.1. The van der Waals surface area contributed by atoms with E-state index in [1.54, 1.807) is 12.1 Å². The predicted octanol–water partition coefficient (Wildman–Crippen LogP) is 8.84. The topological polar surface area (TPSA) is 85.4 Å². The van der Waals surface area contributed by atoms with Gasteiger partial charge in [0, 0.05) is 4.90 Å². The number of carbonyl (C=O) groups excluding carboxylic acids is 1. The van der Waals surface area contributed by atoms with E-state index in [0.29, 0.717) is 24.4 Å². The molecule has 1 aliphatic heterocycles. The second-order valence-corrected chi connectivity index (χ2v) is 13.7. The van der Waals surface area contributed by atoms with Gasteiger partial charge in [0.05, 0.1) is 16.1 Å². The lowest BCUT2D eigenvalue weighted by molar-refractivity contribution is -0.174. The number of halogens is 1. The molecule has 2 heterocycles. The largest absolute Gasteiger partial charge is 0.510 e. The SMILES string of the molecule is CC(C)c1cc2nc(N)sc2cc1SC1=C(O)C(CCc2ccccc2)C(CCc2ccc(F)cc2)(C(C)C)OC1=O. The van der Waals surface area contributed by atoms with E-state index in [1.165, 1.54) is 35.2 Å². The quantitative estimate of drug-likeness (QED) is 0.176. The molecule has 0 saturated heterocycles. The Morgan fingerprint density at radius 2 is 1.74 bits per heavy atom. The Morgan fingerprint density at radius 1 is 1.05 bits per heavy atom. The van der Waals surface area contributed by atoms with Gasteiger partial charge in [-0.15, -0.1) is 0 Å². The molecule has 220 valence electrons. The lowest BCUT2D eigenvalue weighted by Crippen LogP contribution is -2.52. The summed E-state index contributed by atoms with van der Waals surface area (Å²) in [5.41, 5.74) is 9.03. The van der Waals surface area contributed by atoms with Crippen molar-refractivity contribution in [2.24, 2.45) is 11.8 Å². The van der Waals surface area contributed by atoms with Gasteiger partial charge in [-0.05, 0) is 78.5 Å². The van der Waals surface area contributed by atoms with E-state index < -0.39 is 17.5 Å². The maximum atomic E-state index is 13.8. The third-order valence-electron chi connectivity index (χ3n) is 8.25. The molecule has 4 aromatic rings. The highest BCUT2D eigenvalue weighted by Crippen LogP contribution is 2.49. The van der Waals surface area contributed by atoms with Crippen LogP contribution >= 0.6 is 23.1 Å². The van der Waals surface area contributed by atoms with Crippen LogP contribution in [-0.2, 0) is 22.4 Å². The lowest BCUT2D eigenvalue weighted by atomic mass is 9.70. The maximum Gasteiger partial charge on any atom is 0.349 e. The molecule has 0 saturated carbocycles. The number of aliphatic hydroxyl groups is 1. The first-order chi connectivity index (χ1) is 20.1. The van der Waals surface area contributed by atoms with Crippen molar-refractivity contribution in [3.05, 3.63) is 99.9 Å². The number of nitrogen functional groups attached to an aromatic ring is 1. The smallest absolute Gasteiger partial charge is 0.349 e. The highest BCUT2D eigenvalue weighted by atomic mass is 32.2. The average molecular weight is 605 g/mol. The summed E-state index contributed by atoms with van der Waals surface area (Å²) in [5.74, 6) is -1.04. The third-order valence-corrected chi connectivity index (χ3v) is 10.3. The summed E-state index contributed by atoms with van der Waals surface area (Å²) in [7, 11) is 0. The van der Waals surface area contributed by atoms with Crippen molar-refractivity contribution in [2.45, 2.75) is 69.8 Å². The molecule has 8 heteroatoms. The molecule has 0 amide bonds. The van der Waals surface area contributed by atoms with Crippen LogP contribution in [0.15, 0.2) is 82.3 Å². The second-order valence-electron chi connectivity index (χ2n) is 11.6. The maximum absolute atomic E-state index is 13.8. The average Bonchev–Trinajstić information content (AvgIpc) is 3.33. The van der Waals surface area contributed by atoms with Gasteiger partial charge in [-0.2, -0.15) is 0 Å². The molecule has 1 aromatic heterocycles. The molecule has 5 nitrogen and oxygen atoms in total. The highest BCUT2D eigenvalue weighted by Gasteiger charge is 2.51. The molecule has 0 spiro atoms. The van der Waals surface area contributed by atoms with E-state index in [-0.39, 0.29) is 28.3 Å². The number of benzene rings is 3. The Kier molecular flexibility index (Phi) is 8.94. The van der Waals surface area contributed by atoms with Gasteiger partial charge < -0.3 is 15.6 Å². The van der Waals surface area contributed by atoms with Crippen LogP contribution in [0.5, 0.6) is 0 Å². The number of rotatable bonds is 10. The molecular formula is C34H37FN2O3S2. The van der Waals surface area contributed by atoms with Crippen molar-refractivity contribution in [3.8, 4) is 0 Å². The van der Waals surface area contributed by atoms with Crippen LogP contribution in [0.3, 0.4) is 0 Å². The van der Waals surface area contributed by atoms with Crippen LogP contribution in [-0.4, -0.2) is 21.7 Å². The first-order valence-corrected chi connectivity index (χ1v) is 16.0. The number of aromatic nitrogens is 1. The van der Waals surface area contributed by atoms with Crippen molar-refractivity contribution in [2.75, 3.05) is 5.73 Å². The van der Waals surface area contributed by atoms with E-state index in [0.717, 1.165) is 38.2 Å². The van der Waals surface area contributed by atoms with Gasteiger partial charge in [-0.3, -0.25) is 0 Å². The van der Waals surface area contributed by atoms with E-state index in [2.05, 4.69) is 31.0 Å². The number of cyclic esters (lactones) is 1. The number of thiazole rings is 1. The second kappa shape index (κ2) is 12.5. The normalized spacial score (nSPS) is 19.2. The molecule has 2 unspecified atom stereocenters. The fourth-order valence-electron chi connectivity index (χ4n) is 5.88. The number of nitrogens with zero attached hydrogens (tertiary/aromatic N) is 1. The third kappa shape index (κ3) is 6.20. The predicted molar refractivity (Wildman–Crippen MR) is 170 cm³/mol. The van der Waals surface area contributed by atoms with E-state index in [9.17, 15) is 14.3 Å². The zero-order valence-corrected chi connectivity index (χ0v) is 26.0. The standard InChI is InChI=1S/C34H37FN2O3S2/c1-20(2)25-18-27-29(42-33(36)37-27)19-28(25)41-31-30(38)26(15-12-22-8-6-5-7-9-22)34(21(3)4,40-32(31)39)17-16-23-10-13-24(35)14-11-23/h5-11,13-14,18-21,26,38H,12,15-17H2,1-4H3,(H2,36,37). The number of anilines is 1. The van der Waals surface area contributed by atoms with E-state index in [4.69, 9.17) is 10.5 Å². The summed E-state index contributed by atoms with van der Waals surface area (Å²) in [6.45, 7) is 8.27. The molecule has 1 aliphatic rings. The number of esters is 1. The number of carbonyl (C=O) groups is 1. The highest BCUT2D eigenvalue weighted by molar-refractivity contribution is 8.04. The van der Waals surface area contributed by atoms with Crippen LogP contribution in [0.1, 0.15) is 63.1 Å². The van der Waals surface area contributed by atoms with Crippen molar-refractivity contribution in [1.29, 1.82) is 0 Å². The molecular weight excluding hydrogens is 568 g/mol. The Bertz CT molecular complexity index is 1600. The summed E-state index contributed by atoms with van der Waals surface area (Å²) in [4.78, 5) is 19.4. The minimum atomic E-state index is -0.925. The Balaban J connectivity index is 1.55. The summed E-state index contributed by atoms with van der Waals surface area (Å²) in [6, 6.07) is 20.6. The van der Waals surface area contributed by atoms with Gasteiger partial charge in [0.1, 0.15) is 22.1 Å².